The van der Waals surface area contributed by atoms with Crippen molar-refractivity contribution in [3.8, 4) is 0 Å². The van der Waals surface area contributed by atoms with E-state index < -0.39 is 9.84 Å². The maximum atomic E-state index is 12.7. The number of nitrogens with zero attached hydrogens (tertiary/aromatic N) is 1. The Hall–Kier alpha value is -2.96. The molecule has 5 nitrogen and oxygen atoms in total. The number of carbonyl (C=O) groups is 1. The molecule has 0 unspecified atom stereocenters. The third-order valence-electron chi connectivity index (χ3n) is 4.63. The highest BCUT2D eigenvalue weighted by Gasteiger charge is 2.22. The average Bonchev–Trinajstić information content (AvgIpc) is 2.69. The predicted molar refractivity (Wildman–Crippen MR) is 116 cm³/mol. The van der Waals surface area contributed by atoms with E-state index in [0.29, 0.717) is 5.69 Å². The zero-order valence-electron chi connectivity index (χ0n) is 16.4. The normalized spacial score (nSPS) is 11.6. The van der Waals surface area contributed by atoms with Crippen LogP contribution in [-0.2, 0) is 14.6 Å². The highest BCUT2D eigenvalue weighted by atomic mass is 32.2. The molecule has 1 N–H and O–H groups in total. The van der Waals surface area contributed by atoms with Crippen LogP contribution in [0.4, 0.5) is 5.69 Å². The number of carbonyl (C=O) groups excluding carboxylic acids is 1. The smallest absolute Gasteiger partial charge is 0.238 e. The van der Waals surface area contributed by atoms with Gasteiger partial charge in [-0.05, 0) is 30.3 Å². The minimum atomic E-state index is -3.44. The van der Waals surface area contributed by atoms with Crippen LogP contribution in [-0.4, -0.2) is 39.1 Å². The van der Waals surface area contributed by atoms with Crippen molar-refractivity contribution in [1.82, 2.24) is 4.90 Å². The quantitative estimate of drug-likeness (QED) is 0.647. The number of amides is 1. The van der Waals surface area contributed by atoms with Gasteiger partial charge in [-0.15, -0.1) is 0 Å². The molecule has 3 rings (SSSR count). The van der Waals surface area contributed by atoms with Gasteiger partial charge >= 0.3 is 0 Å². The third kappa shape index (κ3) is 5.31. The molecule has 29 heavy (non-hydrogen) atoms. The molecule has 0 radical (unpaired) electrons. The molecule has 0 saturated heterocycles. The number of rotatable bonds is 7. The summed E-state index contributed by atoms with van der Waals surface area (Å²) in [4.78, 5) is 14.8. The lowest BCUT2D eigenvalue weighted by atomic mass is 9.97. The van der Waals surface area contributed by atoms with Gasteiger partial charge in [-0.25, -0.2) is 8.42 Å². The molecule has 3 aromatic carbocycles. The molecule has 6 heteroatoms. The molecule has 3 aromatic rings. The van der Waals surface area contributed by atoms with Crippen LogP contribution in [0.1, 0.15) is 17.2 Å². The predicted octanol–water partition coefficient (Wildman–Crippen LogP) is 3.75. The molecule has 0 aliphatic heterocycles. The first-order chi connectivity index (χ1) is 13.9. The van der Waals surface area contributed by atoms with Gasteiger partial charge in [0.1, 0.15) is 0 Å². The number of hydrogen-bond acceptors (Lipinski definition) is 4. The van der Waals surface area contributed by atoms with Gasteiger partial charge in [-0.2, -0.15) is 0 Å². The highest BCUT2D eigenvalue weighted by molar-refractivity contribution is 7.90. The SMILES string of the molecule is CN(CC(=O)Nc1ccccc1S(C)(=O)=O)C(c1ccccc1)c1ccccc1. The standard InChI is InChI=1S/C23H24N2O3S/c1-25(17-22(26)24-20-15-9-10-16-21(20)29(2,27)28)23(18-11-5-3-6-12-18)19-13-7-4-8-14-19/h3-16,23H,17H2,1-2H3,(H,24,26). The largest absolute Gasteiger partial charge is 0.324 e. The molecule has 0 atom stereocenters. The third-order valence-corrected chi connectivity index (χ3v) is 5.78. The second-order valence-corrected chi connectivity index (χ2v) is 8.94. The van der Waals surface area contributed by atoms with Crippen LogP contribution < -0.4 is 5.32 Å². The lowest BCUT2D eigenvalue weighted by molar-refractivity contribution is -0.117. The summed E-state index contributed by atoms with van der Waals surface area (Å²) in [5.74, 6) is -0.277. The summed E-state index contributed by atoms with van der Waals surface area (Å²) >= 11 is 0. The van der Waals surface area contributed by atoms with Gasteiger partial charge in [0, 0.05) is 6.26 Å². The van der Waals surface area contributed by atoms with Crippen molar-refractivity contribution < 1.29 is 13.2 Å². The van der Waals surface area contributed by atoms with E-state index in [0.717, 1.165) is 17.4 Å². The number of nitrogens with one attached hydrogen (secondary N) is 1. The first-order valence-corrected chi connectivity index (χ1v) is 11.1. The fourth-order valence-electron chi connectivity index (χ4n) is 3.37. The van der Waals surface area contributed by atoms with Crippen molar-refractivity contribution in [3.05, 3.63) is 96.1 Å². The van der Waals surface area contributed by atoms with E-state index in [9.17, 15) is 13.2 Å². The maximum Gasteiger partial charge on any atom is 0.238 e. The van der Waals surface area contributed by atoms with Gasteiger partial charge in [-0.3, -0.25) is 9.69 Å². The Morgan fingerprint density at radius 1 is 0.862 bits per heavy atom. The second-order valence-electron chi connectivity index (χ2n) is 6.96. The van der Waals surface area contributed by atoms with Crippen molar-refractivity contribution in [2.24, 2.45) is 0 Å². The molecule has 0 aromatic heterocycles. The number of likely N-dealkylation sites (N-methyl/N-ethyl adjacent to an activating group) is 1. The Labute approximate surface area is 171 Å². The van der Waals surface area contributed by atoms with Crippen LogP contribution in [0.3, 0.4) is 0 Å². The Morgan fingerprint density at radius 2 is 1.34 bits per heavy atom. The number of sulfone groups is 1. The summed E-state index contributed by atoms with van der Waals surface area (Å²) in [7, 11) is -1.56. The summed E-state index contributed by atoms with van der Waals surface area (Å²) in [5.41, 5.74) is 2.44. The van der Waals surface area contributed by atoms with Crippen molar-refractivity contribution in [1.29, 1.82) is 0 Å². The first-order valence-electron chi connectivity index (χ1n) is 9.25. The van der Waals surface area contributed by atoms with E-state index in [1.807, 2.05) is 72.6 Å². The van der Waals surface area contributed by atoms with Gasteiger partial charge in [0.2, 0.25) is 5.91 Å². The van der Waals surface area contributed by atoms with Crippen LogP contribution in [0.25, 0.3) is 0 Å². The minimum absolute atomic E-state index is 0.103. The summed E-state index contributed by atoms with van der Waals surface area (Å²) in [6, 6.07) is 26.3. The molecule has 0 heterocycles. The molecule has 0 spiro atoms. The van der Waals surface area contributed by atoms with Crippen molar-refractivity contribution in [3.63, 3.8) is 0 Å². The molecule has 1 amide bonds. The molecular formula is C23H24N2O3S. The summed E-state index contributed by atoms with van der Waals surface area (Å²) in [6.45, 7) is 0.104. The second kappa shape index (κ2) is 9.03. The van der Waals surface area contributed by atoms with Gasteiger partial charge in [0.25, 0.3) is 0 Å². The minimum Gasteiger partial charge on any atom is -0.324 e. The van der Waals surface area contributed by atoms with Gasteiger partial charge < -0.3 is 5.32 Å². The van der Waals surface area contributed by atoms with Gasteiger partial charge in [-0.1, -0.05) is 72.8 Å². The summed E-state index contributed by atoms with van der Waals surface area (Å²) < 4.78 is 23.9. The van der Waals surface area contributed by atoms with Crippen molar-refractivity contribution >= 4 is 21.4 Å². The lowest BCUT2D eigenvalue weighted by Crippen LogP contribution is -2.34. The van der Waals surface area contributed by atoms with Crippen molar-refractivity contribution in [2.45, 2.75) is 10.9 Å². The van der Waals surface area contributed by atoms with E-state index in [2.05, 4.69) is 5.32 Å². The Kier molecular flexibility index (Phi) is 6.46. The van der Waals surface area contributed by atoms with E-state index in [4.69, 9.17) is 0 Å². The number of para-hydroxylation sites is 1. The number of anilines is 1. The summed E-state index contributed by atoms with van der Waals surface area (Å²) in [5, 5.41) is 2.75. The zero-order valence-corrected chi connectivity index (χ0v) is 17.3. The van der Waals surface area contributed by atoms with E-state index >= 15 is 0 Å². The molecular weight excluding hydrogens is 384 g/mol. The van der Waals surface area contributed by atoms with Crippen molar-refractivity contribution in [2.75, 3.05) is 25.2 Å². The lowest BCUT2D eigenvalue weighted by Gasteiger charge is -2.28. The number of hydrogen-bond donors (Lipinski definition) is 1. The molecule has 0 bridgehead atoms. The first kappa shape index (κ1) is 20.8. The maximum absolute atomic E-state index is 12.7. The molecule has 0 fully saturated rings. The van der Waals surface area contributed by atoms with Gasteiger partial charge in [0.05, 0.1) is 23.2 Å². The van der Waals surface area contributed by atoms with E-state index in [-0.39, 0.29) is 23.4 Å². The Balaban J connectivity index is 1.82. The topological polar surface area (TPSA) is 66.5 Å². The zero-order chi connectivity index (χ0) is 20.9. The van der Waals surface area contributed by atoms with E-state index in [1.165, 1.54) is 6.07 Å². The molecule has 0 aliphatic rings. The molecule has 150 valence electrons. The van der Waals surface area contributed by atoms with Crippen LogP contribution >= 0.6 is 0 Å². The Morgan fingerprint density at radius 3 is 1.86 bits per heavy atom. The fourth-order valence-corrected chi connectivity index (χ4v) is 4.22. The average molecular weight is 409 g/mol. The van der Waals surface area contributed by atoms with Crippen LogP contribution in [0, 0.1) is 0 Å². The van der Waals surface area contributed by atoms with E-state index in [1.54, 1.807) is 18.2 Å². The van der Waals surface area contributed by atoms with Crippen LogP contribution in [0.2, 0.25) is 0 Å². The Bertz CT molecular complexity index is 1030. The highest BCUT2D eigenvalue weighted by Crippen LogP contribution is 2.27. The van der Waals surface area contributed by atoms with Crippen LogP contribution in [0.15, 0.2) is 89.8 Å². The summed E-state index contributed by atoms with van der Waals surface area (Å²) in [6.07, 6.45) is 1.13. The van der Waals surface area contributed by atoms with Crippen LogP contribution in [0.5, 0.6) is 0 Å². The number of benzene rings is 3. The monoisotopic (exact) mass is 408 g/mol. The molecule has 0 aliphatic carbocycles. The fraction of sp³-hybridized carbons (Fsp3) is 0.174. The van der Waals surface area contributed by atoms with Gasteiger partial charge in [0.15, 0.2) is 9.84 Å². The molecule has 0 saturated carbocycles.